The van der Waals surface area contributed by atoms with E-state index >= 15 is 0 Å². The lowest BCUT2D eigenvalue weighted by molar-refractivity contribution is -0.140. The highest BCUT2D eigenvalue weighted by molar-refractivity contribution is 6.36. The van der Waals surface area contributed by atoms with Crippen LogP contribution in [0.1, 0.15) is 30.0 Å². The lowest BCUT2D eigenvalue weighted by Crippen LogP contribution is -2.51. The minimum atomic E-state index is -0.880. The third kappa shape index (κ3) is 7.20. The number of nitrogens with one attached hydrogen (secondary N) is 1. The summed E-state index contributed by atoms with van der Waals surface area (Å²) in [5, 5.41) is 3.77. The molecule has 0 bridgehead atoms. The number of hydrogen-bond acceptors (Lipinski definition) is 2. The summed E-state index contributed by atoms with van der Waals surface area (Å²) in [5.74, 6) is -1.37. The average Bonchev–Trinajstić information content (AvgIpc) is 2.84. The Bertz CT molecular complexity index is 1130. The molecule has 3 aromatic carbocycles. The fraction of sp³-hybridized carbons (Fsp3) is 0.259. The monoisotopic (exact) mass is 534 g/mol. The Morgan fingerprint density at radius 1 is 0.886 bits per heavy atom. The molecule has 0 aliphatic carbocycles. The van der Waals surface area contributed by atoms with Crippen molar-refractivity contribution in [2.45, 2.75) is 38.8 Å². The highest BCUT2D eigenvalue weighted by Gasteiger charge is 2.32. The van der Waals surface area contributed by atoms with Gasteiger partial charge in [-0.25, -0.2) is 4.39 Å². The standard InChI is InChI=1S/C27H26Cl3FN2O2/c1-2-14-32-27(35)25(15-18-8-4-3-5-9-18)33(17-20-22(29)10-6-11-23(20)30)26(34)16-19-21(28)12-7-13-24(19)31/h3-13,25H,2,14-17H2,1H3,(H,32,35). The maximum atomic E-state index is 14.5. The van der Waals surface area contributed by atoms with Crippen LogP contribution in [0.15, 0.2) is 66.7 Å². The van der Waals surface area contributed by atoms with Crippen LogP contribution in [-0.4, -0.2) is 29.3 Å². The zero-order chi connectivity index (χ0) is 25.4. The molecule has 1 N–H and O–H groups in total. The molecule has 0 fully saturated rings. The third-order valence-corrected chi connectivity index (χ3v) is 6.66. The number of halogens is 4. The van der Waals surface area contributed by atoms with Crippen molar-refractivity contribution >= 4 is 46.6 Å². The molecule has 0 radical (unpaired) electrons. The Balaban J connectivity index is 2.04. The van der Waals surface area contributed by atoms with Crippen molar-refractivity contribution in [1.29, 1.82) is 0 Å². The molecule has 184 valence electrons. The minimum absolute atomic E-state index is 0.0273. The van der Waals surface area contributed by atoms with Crippen LogP contribution in [-0.2, 0) is 29.0 Å². The van der Waals surface area contributed by atoms with E-state index in [0.29, 0.717) is 22.2 Å². The molecule has 1 atom stereocenters. The SMILES string of the molecule is CCCNC(=O)C(Cc1ccccc1)N(Cc1c(Cl)cccc1Cl)C(=O)Cc1c(F)cccc1Cl. The van der Waals surface area contributed by atoms with E-state index in [-0.39, 0.29) is 35.9 Å². The first-order valence-corrected chi connectivity index (χ1v) is 12.4. The summed E-state index contributed by atoms with van der Waals surface area (Å²) in [7, 11) is 0. The second-order valence-electron chi connectivity index (χ2n) is 8.10. The van der Waals surface area contributed by atoms with Crippen LogP contribution in [0.25, 0.3) is 0 Å². The largest absolute Gasteiger partial charge is 0.354 e. The minimum Gasteiger partial charge on any atom is -0.354 e. The predicted octanol–water partition coefficient (Wildman–Crippen LogP) is 6.49. The Labute approximate surface area is 220 Å². The van der Waals surface area contributed by atoms with Gasteiger partial charge in [0.25, 0.3) is 0 Å². The van der Waals surface area contributed by atoms with Crippen molar-refractivity contribution in [3.05, 3.63) is 104 Å². The highest BCUT2D eigenvalue weighted by atomic mass is 35.5. The van der Waals surface area contributed by atoms with Gasteiger partial charge in [-0.15, -0.1) is 0 Å². The van der Waals surface area contributed by atoms with Gasteiger partial charge in [-0.2, -0.15) is 0 Å². The summed E-state index contributed by atoms with van der Waals surface area (Å²) >= 11 is 19.0. The van der Waals surface area contributed by atoms with Gasteiger partial charge in [0.05, 0.1) is 6.42 Å². The number of benzene rings is 3. The molecular formula is C27H26Cl3FN2O2. The number of amides is 2. The highest BCUT2D eigenvalue weighted by Crippen LogP contribution is 2.28. The van der Waals surface area contributed by atoms with Gasteiger partial charge in [-0.3, -0.25) is 9.59 Å². The van der Waals surface area contributed by atoms with Gasteiger partial charge in [0.2, 0.25) is 11.8 Å². The lowest BCUT2D eigenvalue weighted by atomic mass is 10.0. The van der Waals surface area contributed by atoms with Crippen LogP contribution in [0, 0.1) is 5.82 Å². The zero-order valence-electron chi connectivity index (χ0n) is 19.2. The summed E-state index contributed by atoms with van der Waals surface area (Å²) in [6.45, 7) is 2.37. The van der Waals surface area contributed by atoms with Crippen molar-refractivity contribution in [2.24, 2.45) is 0 Å². The molecule has 1 unspecified atom stereocenters. The maximum Gasteiger partial charge on any atom is 0.243 e. The Hall–Kier alpha value is -2.60. The van der Waals surface area contributed by atoms with E-state index in [4.69, 9.17) is 34.8 Å². The smallest absolute Gasteiger partial charge is 0.243 e. The topological polar surface area (TPSA) is 49.4 Å². The summed E-state index contributed by atoms with van der Waals surface area (Å²) in [6, 6.07) is 17.8. The third-order valence-electron chi connectivity index (χ3n) is 5.60. The van der Waals surface area contributed by atoms with Gasteiger partial charge in [-0.05, 0) is 36.2 Å². The molecule has 8 heteroatoms. The van der Waals surface area contributed by atoms with Gasteiger partial charge in [0.15, 0.2) is 0 Å². The molecule has 0 saturated carbocycles. The molecular weight excluding hydrogens is 510 g/mol. The van der Waals surface area contributed by atoms with Gasteiger partial charge in [0.1, 0.15) is 11.9 Å². The first-order valence-electron chi connectivity index (χ1n) is 11.3. The molecule has 3 rings (SSSR count). The van der Waals surface area contributed by atoms with Crippen LogP contribution >= 0.6 is 34.8 Å². The van der Waals surface area contributed by atoms with Crippen LogP contribution in [0.2, 0.25) is 15.1 Å². The molecule has 3 aromatic rings. The van der Waals surface area contributed by atoms with Crippen molar-refractivity contribution in [3.8, 4) is 0 Å². The number of nitrogens with zero attached hydrogens (tertiary/aromatic N) is 1. The second kappa shape index (κ2) is 12.9. The normalized spacial score (nSPS) is 11.7. The second-order valence-corrected chi connectivity index (χ2v) is 9.32. The fourth-order valence-electron chi connectivity index (χ4n) is 3.73. The molecule has 0 saturated heterocycles. The van der Waals surface area contributed by atoms with Crippen LogP contribution in [0.4, 0.5) is 4.39 Å². The number of carbonyl (C=O) groups excluding carboxylic acids is 2. The molecule has 0 spiro atoms. The van der Waals surface area contributed by atoms with Gasteiger partial charge >= 0.3 is 0 Å². The van der Waals surface area contributed by atoms with Crippen molar-refractivity contribution < 1.29 is 14.0 Å². The molecule has 0 heterocycles. The molecule has 4 nitrogen and oxygen atoms in total. The predicted molar refractivity (Wildman–Crippen MR) is 139 cm³/mol. The number of carbonyl (C=O) groups is 2. The van der Waals surface area contributed by atoms with Gasteiger partial charge in [-0.1, -0.05) is 84.2 Å². The molecule has 0 aliphatic heterocycles. The van der Waals surface area contributed by atoms with Crippen molar-refractivity contribution in [3.63, 3.8) is 0 Å². The molecule has 2 amide bonds. The molecule has 35 heavy (non-hydrogen) atoms. The Kier molecular flexibility index (Phi) is 9.96. The van der Waals surface area contributed by atoms with Crippen LogP contribution in [0.5, 0.6) is 0 Å². The van der Waals surface area contributed by atoms with Gasteiger partial charge < -0.3 is 10.2 Å². The fourth-order valence-corrected chi connectivity index (χ4v) is 4.47. The van der Waals surface area contributed by atoms with E-state index in [9.17, 15) is 14.0 Å². The maximum absolute atomic E-state index is 14.5. The van der Waals surface area contributed by atoms with Crippen LogP contribution in [0.3, 0.4) is 0 Å². The Morgan fingerprint density at radius 2 is 1.49 bits per heavy atom. The van der Waals surface area contributed by atoms with E-state index in [0.717, 1.165) is 12.0 Å². The van der Waals surface area contributed by atoms with E-state index in [1.165, 1.54) is 23.1 Å². The summed E-state index contributed by atoms with van der Waals surface area (Å²) in [5.41, 5.74) is 1.45. The summed E-state index contributed by atoms with van der Waals surface area (Å²) in [4.78, 5) is 28.4. The first-order chi connectivity index (χ1) is 16.8. The molecule has 0 aromatic heterocycles. The average molecular weight is 536 g/mol. The lowest BCUT2D eigenvalue weighted by Gasteiger charge is -2.32. The van der Waals surface area contributed by atoms with Crippen LogP contribution < -0.4 is 5.32 Å². The number of hydrogen-bond donors (Lipinski definition) is 1. The first kappa shape index (κ1) is 27.0. The van der Waals surface area contributed by atoms with Crippen molar-refractivity contribution in [1.82, 2.24) is 10.2 Å². The van der Waals surface area contributed by atoms with E-state index < -0.39 is 17.8 Å². The summed E-state index contributed by atoms with van der Waals surface area (Å²) < 4.78 is 14.5. The number of rotatable bonds is 10. The zero-order valence-corrected chi connectivity index (χ0v) is 21.5. The van der Waals surface area contributed by atoms with Gasteiger partial charge in [0, 0.05) is 45.7 Å². The summed E-state index contributed by atoms with van der Waals surface area (Å²) in [6.07, 6.45) is 0.675. The van der Waals surface area contributed by atoms with E-state index in [2.05, 4.69) is 5.32 Å². The molecule has 0 aliphatic rings. The van der Waals surface area contributed by atoms with E-state index in [1.807, 2.05) is 37.3 Å². The Morgan fingerprint density at radius 3 is 2.09 bits per heavy atom. The quantitative estimate of drug-likeness (QED) is 0.322. The van der Waals surface area contributed by atoms with Crippen molar-refractivity contribution in [2.75, 3.05) is 6.54 Å². The van der Waals surface area contributed by atoms with E-state index in [1.54, 1.807) is 18.2 Å².